The highest BCUT2D eigenvalue weighted by Crippen LogP contribution is 2.03. The normalized spacial score (nSPS) is 10.8. The molecule has 0 bridgehead atoms. The maximum absolute atomic E-state index is 11.8. The third kappa shape index (κ3) is 2.14. The van der Waals surface area contributed by atoms with Crippen LogP contribution in [0.1, 0.15) is 11.4 Å². The predicted octanol–water partition coefficient (Wildman–Crippen LogP) is -0.325. The van der Waals surface area contributed by atoms with Gasteiger partial charge in [0.15, 0.2) is 5.82 Å². The summed E-state index contributed by atoms with van der Waals surface area (Å²) in [5.74, 6) is 0.391. The van der Waals surface area contributed by atoms with Crippen molar-refractivity contribution in [2.45, 2.75) is 13.5 Å². The molecule has 0 amide bonds. The van der Waals surface area contributed by atoms with Gasteiger partial charge in [-0.2, -0.15) is 5.10 Å². The number of halogens is 1. The summed E-state index contributed by atoms with van der Waals surface area (Å²) >= 11 is 5.69. The second-order valence-corrected chi connectivity index (χ2v) is 3.97. The Morgan fingerprint density at radius 1 is 1.47 bits per heavy atom. The van der Waals surface area contributed by atoms with E-state index in [0.717, 1.165) is 4.57 Å². The van der Waals surface area contributed by atoms with E-state index in [0.29, 0.717) is 11.4 Å². The van der Waals surface area contributed by atoms with Gasteiger partial charge >= 0.3 is 5.69 Å². The number of aromatic nitrogens is 5. The first-order valence-corrected chi connectivity index (χ1v) is 5.20. The van der Waals surface area contributed by atoms with Crippen molar-refractivity contribution < 1.29 is 0 Å². The van der Waals surface area contributed by atoms with E-state index in [1.54, 1.807) is 14.0 Å². The highest BCUT2D eigenvalue weighted by molar-refractivity contribution is 6.30. The Morgan fingerprint density at radius 3 is 2.76 bits per heavy atom. The molecular formula is C9H10ClN5O2. The van der Waals surface area contributed by atoms with E-state index in [-0.39, 0.29) is 11.7 Å². The molecule has 7 nitrogen and oxygen atoms in total. The molecule has 0 atom stereocenters. The molecule has 2 aromatic heterocycles. The van der Waals surface area contributed by atoms with Gasteiger partial charge in [-0.15, -0.1) is 0 Å². The summed E-state index contributed by atoms with van der Waals surface area (Å²) in [5, 5.41) is 4.06. The van der Waals surface area contributed by atoms with Gasteiger partial charge in [0.25, 0.3) is 5.56 Å². The standard InChI is InChI=1S/C9H10ClN5O2/c1-5-7(10)12-9(17)15(8(5)16)3-6-11-4-14(2)13-6/h4H,3H2,1-2H3,(H,12,17). The van der Waals surface area contributed by atoms with Crippen LogP contribution in [-0.4, -0.2) is 24.3 Å². The summed E-state index contributed by atoms with van der Waals surface area (Å²) in [6.07, 6.45) is 1.50. The van der Waals surface area contributed by atoms with Crippen molar-refractivity contribution in [3.8, 4) is 0 Å². The van der Waals surface area contributed by atoms with Crippen LogP contribution in [0.3, 0.4) is 0 Å². The van der Waals surface area contributed by atoms with Crippen LogP contribution >= 0.6 is 11.6 Å². The van der Waals surface area contributed by atoms with Gasteiger partial charge in [0.2, 0.25) is 0 Å². The summed E-state index contributed by atoms with van der Waals surface area (Å²) in [7, 11) is 1.70. The van der Waals surface area contributed by atoms with E-state index in [9.17, 15) is 9.59 Å². The third-order valence-electron chi connectivity index (χ3n) is 2.30. The maximum Gasteiger partial charge on any atom is 0.329 e. The molecule has 0 aliphatic heterocycles. The van der Waals surface area contributed by atoms with Crippen molar-refractivity contribution >= 4 is 11.6 Å². The topological polar surface area (TPSA) is 85.6 Å². The Labute approximate surface area is 101 Å². The van der Waals surface area contributed by atoms with Crippen LogP contribution in [0.25, 0.3) is 0 Å². The number of hydrogen-bond donors (Lipinski definition) is 1. The quantitative estimate of drug-likeness (QED) is 0.745. The first kappa shape index (κ1) is 11.6. The lowest BCUT2D eigenvalue weighted by atomic mass is 10.4. The Hall–Kier alpha value is -1.89. The van der Waals surface area contributed by atoms with Crippen LogP contribution in [0.15, 0.2) is 15.9 Å². The van der Waals surface area contributed by atoms with Gasteiger partial charge in [0, 0.05) is 12.6 Å². The zero-order valence-electron chi connectivity index (χ0n) is 9.27. The van der Waals surface area contributed by atoms with Crippen molar-refractivity contribution in [2.24, 2.45) is 7.05 Å². The fraction of sp³-hybridized carbons (Fsp3) is 0.333. The summed E-state index contributed by atoms with van der Waals surface area (Å²) in [4.78, 5) is 29.7. The predicted molar refractivity (Wildman–Crippen MR) is 61.2 cm³/mol. The lowest BCUT2D eigenvalue weighted by molar-refractivity contribution is 0.648. The second-order valence-electron chi connectivity index (χ2n) is 3.59. The molecule has 0 aromatic carbocycles. The lowest BCUT2D eigenvalue weighted by Gasteiger charge is -2.03. The minimum absolute atomic E-state index is 0.0208. The highest BCUT2D eigenvalue weighted by Gasteiger charge is 2.10. The van der Waals surface area contributed by atoms with Crippen molar-refractivity contribution in [2.75, 3.05) is 0 Å². The molecule has 0 saturated heterocycles. The van der Waals surface area contributed by atoms with Crippen molar-refractivity contribution in [3.05, 3.63) is 43.7 Å². The molecule has 0 spiro atoms. The molecule has 0 saturated carbocycles. The Bertz CT molecular complexity index is 669. The fourth-order valence-electron chi connectivity index (χ4n) is 1.39. The van der Waals surface area contributed by atoms with Crippen molar-refractivity contribution in [1.29, 1.82) is 0 Å². The first-order valence-electron chi connectivity index (χ1n) is 4.83. The minimum atomic E-state index is -0.571. The van der Waals surface area contributed by atoms with E-state index < -0.39 is 11.2 Å². The van der Waals surface area contributed by atoms with Crippen LogP contribution in [0, 0.1) is 6.92 Å². The third-order valence-corrected chi connectivity index (χ3v) is 2.68. The molecule has 0 fully saturated rings. The lowest BCUT2D eigenvalue weighted by Crippen LogP contribution is -2.37. The molecule has 90 valence electrons. The molecule has 2 aromatic rings. The zero-order chi connectivity index (χ0) is 12.6. The van der Waals surface area contributed by atoms with Gasteiger partial charge in [-0.25, -0.2) is 9.78 Å². The number of nitrogens with zero attached hydrogens (tertiary/aromatic N) is 4. The SMILES string of the molecule is Cc1c(Cl)[nH]c(=O)n(Cc2ncn(C)n2)c1=O. The largest absolute Gasteiger partial charge is 0.329 e. The molecule has 0 unspecified atom stereocenters. The molecule has 1 N–H and O–H groups in total. The Balaban J connectivity index is 2.50. The number of nitrogens with one attached hydrogen (secondary N) is 1. The first-order chi connectivity index (χ1) is 7.99. The summed E-state index contributed by atoms with van der Waals surface area (Å²) in [6.45, 7) is 1.57. The van der Waals surface area contributed by atoms with E-state index in [2.05, 4.69) is 15.1 Å². The highest BCUT2D eigenvalue weighted by atomic mass is 35.5. The molecule has 17 heavy (non-hydrogen) atoms. The number of aryl methyl sites for hydroxylation is 1. The van der Waals surface area contributed by atoms with E-state index >= 15 is 0 Å². The minimum Gasteiger partial charge on any atom is -0.297 e. The Kier molecular flexibility index (Phi) is 2.84. The van der Waals surface area contributed by atoms with Gasteiger partial charge < -0.3 is 0 Å². The molecule has 0 radical (unpaired) electrons. The summed E-state index contributed by atoms with van der Waals surface area (Å²) in [6, 6.07) is 0. The zero-order valence-corrected chi connectivity index (χ0v) is 10.0. The van der Waals surface area contributed by atoms with Gasteiger partial charge in [-0.05, 0) is 6.92 Å². The van der Waals surface area contributed by atoms with Crippen LogP contribution in [0.5, 0.6) is 0 Å². The molecule has 0 aliphatic carbocycles. The average Bonchev–Trinajstić information content (AvgIpc) is 2.67. The smallest absolute Gasteiger partial charge is 0.297 e. The maximum atomic E-state index is 11.8. The van der Waals surface area contributed by atoms with Gasteiger partial charge in [-0.3, -0.25) is 19.0 Å². The Morgan fingerprint density at radius 2 is 2.18 bits per heavy atom. The number of aromatic amines is 1. The monoisotopic (exact) mass is 255 g/mol. The number of hydrogen-bond acceptors (Lipinski definition) is 4. The molecule has 8 heteroatoms. The van der Waals surface area contributed by atoms with Crippen LogP contribution in [0.4, 0.5) is 0 Å². The second kappa shape index (κ2) is 4.17. The van der Waals surface area contributed by atoms with E-state index in [4.69, 9.17) is 11.6 Å². The van der Waals surface area contributed by atoms with Gasteiger partial charge in [0.05, 0.1) is 6.54 Å². The van der Waals surface area contributed by atoms with Gasteiger partial charge in [0.1, 0.15) is 11.5 Å². The fourth-order valence-corrected chi connectivity index (χ4v) is 1.55. The average molecular weight is 256 g/mol. The van der Waals surface area contributed by atoms with Crippen molar-refractivity contribution in [1.82, 2.24) is 24.3 Å². The summed E-state index contributed by atoms with van der Waals surface area (Å²) in [5.41, 5.74) is -0.716. The number of rotatable bonds is 2. The van der Waals surface area contributed by atoms with E-state index in [1.165, 1.54) is 11.0 Å². The number of H-pyrrole nitrogens is 1. The summed E-state index contributed by atoms with van der Waals surface area (Å²) < 4.78 is 2.51. The van der Waals surface area contributed by atoms with E-state index in [1.807, 2.05) is 0 Å². The molecule has 2 rings (SSSR count). The van der Waals surface area contributed by atoms with Crippen LogP contribution in [-0.2, 0) is 13.6 Å². The molecule has 2 heterocycles. The van der Waals surface area contributed by atoms with Crippen LogP contribution in [0.2, 0.25) is 5.15 Å². The van der Waals surface area contributed by atoms with Crippen molar-refractivity contribution in [3.63, 3.8) is 0 Å². The molecular weight excluding hydrogens is 246 g/mol. The van der Waals surface area contributed by atoms with Crippen LogP contribution < -0.4 is 11.2 Å². The van der Waals surface area contributed by atoms with Gasteiger partial charge in [-0.1, -0.05) is 11.6 Å². The molecule has 0 aliphatic rings.